The van der Waals surface area contributed by atoms with Crippen LogP contribution in [0, 0.1) is 0 Å². The van der Waals surface area contributed by atoms with E-state index in [1.54, 1.807) is 23.8 Å². The number of nitrogens with zero attached hydrogens (tertiary/aromatic N) is 2. The first kappa shape index (κ1) is 24.9. The molecule has 1 fully saturated rings. The third kappa shape index (κ3) is 4.70. The lowest BCUT2D eigenvalue weighted by Gasteiger charge is -2.30. The van der Waals surface area contributed by atoms with E-state index in [0.29, 0.717) is 10.6 Å². The van der Waals surface area contributed by atoms with E-state index >= 15 is 0 Å². The van der Waals surface area contributed by atoms with Crippen LogP contribution in [0.25, 0.3) is 21.8 Å². The molecule has 0 radical (unpaired) electrons. The Morgan fingerprint density at radius 3 is 2.54 bits per heavy atom. The highest BCUT2D eigenvalue weighted by atomic mass is 32.2. The molecule has 1 atom stereocenters. The van der Waals surface area contributed by atoms with Gasteiger partial charge in [0.25, 0.3) is 5.91 Å². The first-order valence-corrected chi connectivity index (χ1v) is 13.9. The summed E-state index contributed by atoms with van der Waals surface area (Å²) in [6.45, 7) is 0.0578. The lowest BCUT2D eigenvalue weighted by Crippen LogP contribution is -2.41. The van der Waals surface area contributed by atoms with Gasteiger partial charge in [-0.1, -0.05) is 24.3 Å². The van der Waals surface area contributed by atoms with Crippen LogP contribution in [-0.2, 0) is 19.4 Å². The van der Waals surface area contributed by atoms with Crippen molar-refractivity contribution in [1.29, 1.82) is 0 Å². The van der Waals surface area contributed by atoms with Gasteiger partial charge in [-0.2, -0.15) is 0 Å². The van der Waals surface area contributed by atoms with Gasteiger partial charge in [0.1, 0.15) is 4.75 Å². The Kier molecular flexibility index (Phi) is 6.71. The van der Waals surface area contributed by atoms with Gasteiger partial charge < -0.3 is 13.7 Å². The van der Waals surface area contributed by atoms with Gasteiger partial charge in [-0.3, -0.25) is 14.8 Å². The summed E-state index contributed by atoms with van der Waals surface area (Å²) in [7, 11) is -3.93. The summed E-state index contributed by atoms with van der Waals surface area (Å²) in [5.41, 5.74) is 3.28. The molecule has 2 amide bonds. The molecule has 1 saturated heterocycles. The summed E-state index contributed by atoms with van der Waals surface area (Å²) >= 11 is 1.27. The van der Waals surface area contributed by atoms with Gasteiger partial charge >= 0.3 is 0 Å². The Balaban J connectivity index is 1.48. The van der Waals surface area contributed by atoms with Crippen LogP contribution in [0.3, 0.4) is 0 Å². The SMILES string of the molecule is O=C(CC1(c2ccc(-c3ccc(-c4cnco4)cc3)s2)CCN(C(=O)c2ccco2)CCS1(=O)=O)NO. The number of benzene rings is 1. The van der Waals surface area contributed by atoms with E-state index in [1.165, 1.54) is 35.0 Å². The predicted octanol–water partition coefficient (Wildman–Crippen LogP) is 3.71. The van der Waals surface area contributed by atoms with Crippen LogP contribution >= 0.6 is 11.3 Å². The predicted molar refractivity (Wildman–Crippen MR) is 134 cm³/mol. The molecule has 0 spiro atoms. The third-order valence-electron chi connectivity index (χ3n) is 6.54. The highest BCUT2D eigenvalue weighted by molar-refractivity contribution is 7.92. The Hall–Kier alpha value is -3.74. The molecule has 1 aliphatic rings. The second kappa shape index (κ2) is 9.96. The molecule has 2 N–H and O–H groups in total. The summed E-state index contributed by atoms with van der Waals surface area (Å²) in [4.78, 5) is 31.8. The van der Waals surface area contributed by atoms with Crippen molar-refractivity contribution in [2.24, 2.45) is 0 Å². The van der Waals surface area contributed by atoms with Gasteiger partial charge in [0.2, 0.25) is 5.91 Å². The molecule has 12 heteroatoms. The number of rotatable bonds is 6. The van der Waals surface area contributed by atoms with Crippen molar-refractivity contribution in [3.8, 4) is 21.8 Å². The molecule has 1 unspecified atom stereocenters. The van der Waals surface area contributed by atoms with E-state index in [4.69, 9.17) is 8.83 Å². The maximum absolute atomic E-state index is 13.7. The van der Waals surface area contributed by atoms with Crippen LogP contribution in [-0.4, -0.2) is 54.2 Å². The maximum atomic E-state index is 13.7. The minimum Gasteiger partial charge on any atom is -0.459 e. The molecule has 0 saturated carbocycles. The zero-order valence-electron chi connectivity index (χ0n) is 19.5. The molecule has 192 valence electrons. The zero-order valence-corrected chi connectivity index (χ0v) is 21.1. The Labute approximate surface area is 216 Å². The van der Waals surface area contributed by atoms with Crippen LogP contribution in [0.2, 0.25) is 0 Å². The van der Waals surface area contributed by atoms with Crippen molar-refractivity contribution in [2.75, 3.05) is 18.8 Å². The van der Waals surface area contributed by atoms with E-state index in [9.17, 15) is 23.2 Å². The largest absolute Gasteiger partial charge is 0.459 e. The van der Waals surface area contributed by atoms with Crippen LogP contribution in [0.5, 0.6) is 0 Å². The van der Waals surface area contributed by atoms with Gasteiger partial charge in [-0.15, -0.1) is 11.3 Å². The van der Waals surface area contributed by atoms with Crippen LogP contribution in [0.4, 0.5) is 0 Å². The number of oxazole rings is 1. The molecule has 1 aliphatic heterocycles. The molecule has 1 aromatic carbocycles. The van der Waals surface area contributed by atoms with Gasteiger partial charge in [0.15, 0.2) is 27.8 Å². The number of hydrogen-bond acceptors (Lipinski definition) is 9. The molecule has 4 heterocycles. The van der Waals surface area contributed by atoms with Crippen molar-refractivity contribution in [1.82, 2.24) is 15.4 Å². The zero-order chi connectivity index (χ0) is 26.0. The number of carbonyl (C=O) groups excluding carboxylic acids is 2. The molecule has 4 aromatic rings. The number of hydroxylamine groups is 1. The highest BCUT2D eigenvalue weighted by Crippen LogP contribution is 2.45. The van der Waals surface area contributed by atoms with Crippen LogP contribution in [0.15, 0.2) is 76.2 Å². The molecular formula is C25H23N3O7S2. The van der Waals surface area contributed by atoms with Gasteiger partial charge in [-0.05, 0) is 36.2 Å². The number of carbonyl (C=O) groups is 2. The van der Waals surface area contributed by atoms with Gasteiger partial charge in [-0.25, -0.2) is 18.9 Å². The first-order chi connectivity index (χ1) is 17.8. The monoisotopic (exact) mass is 541 g/mol. The van der Waals surface area contributed by atoms with Crippen molar-refractivity contribution in [2.45, 2.75) is 17.6 Å². The minimum absolute atomic E-state index is 0.0143. The molecule has 3 aromatic heterocycles. The Morgan fingerprint density at radius 2 is 1.86 bits per heavy atom. The number of nitrogens with one attached hydrogen (secondary N) is 1. The summed E-state index contributed by atoms with van der Waals surface area (Å²) in [6.07, 6.45) is 3.86. The second-order valence-corrected chi connectivity index (χ2v) is 12.2. The van der Waals surface area contributed by atoms with Crippen LogP contribution in [0.1, 0.15) is 28.3 Å². The molecule has 37 heavy (non-hydrogen) atoms. The number of sulfone groups is 1. The Morgan fingerprint density at radius 1 is 1.08 bits per heavy atom. The number of aromatic nitrogens is 1. The summed E-state index contributed by atoms with van der Waals surface area (Å²) < 4.78 is 36.4. The first-order valence-electron chi connectivity index (χ1n) is 11.4. The van der Waals surface area contributed by atoms with Gasteiger partial charge in [0, 0.05) is 28.4 Å². The fourth-order valence-corrected chi connectivity index (χ4v) is 8.13. The van der Waals surface area contributed by atoms with Crippen molar-refractivity contribution in [3.63, 3.8) is 0 Å². The third-order valence-corrected chi connectivity index (χ3v) is 10.5. The van der Waals surface area contributed by atoms with Crippen molar-refractivity contribution >= 4 is 33.0 Å². The van der Waals surface area contributed by atoms with E-state index in [2.05, 4.69) is 4.98 Å². The fraction of sp³-hybridized carbons (Fsp3) is 0.240. The molecule has 0 bridgehead atoms. The molecule has 10 nitrogen and oxygen atoms in total. The van der Waals surface area contributed by atoms with Crippen molar-refractivity contribution in [3.05, 3.63) is 78.0 Å². The lowest BCUT2D eigenvalue weighted by atomic mass is 9.97. The van der Waals surface area contributed by atoms with E-state index in [-0.39, 0.29) is 31.0 Å². The quantitative estimate of drug-likeness (QED) is 0.278. The topological polar surface area (TPSA) is 143 Å². The molecular weight excluding hydrogens is 518 g/mol. The summed E-state index contributed by atoms with van der Waals surface area (Å²) in [6, 6.07) is 14.2. The van der Waals surface area contributed by atoms with Crippen molar-refractivity contribution < 1.29 is 32.0 Å². The number of hydrogen-bond donors (Lipinski definition) is 2. The fourth-order valence-electron chi connectivity index (χ4n) is 4.52. The summed E-state index contributed by atoms with van der Waals surface area (Å²) in [5.74, 6) is -0.824. The van der Waals surface area contributed by atoms with E-state index in [0.717, 1.165) is 16.0 Å². The average Bonchev–Trinajstić information content (AvgIpc) is 3.69. The smallest absolute Gasteiger partial charge is 0.289 e. The Bertz CT molecular complexity index is 1490. The second-order valence-electron chi connectivity index (χ2n) is 8.65. The van der Waals surface area contributed by atoms with E-state index in [1.807, 2.05) is 30.3 Å². The van der Waals surface area contributed by atoms with E-state index < -0.39 is 32.8 Å². The number of furan rings is 1. The van der Waals surface area contributed by atoms with Crippen LogP contribution < -0.4 is 5.48 Å². The molecule has 5 rings (SSSR count). The maximum Gasteiger partial charge on any atom is 0.289 e. The molecule has 0 aliphatic carbocycles. The normalized spacial score (nSPS) is 19.3. The summed E-state index contributed by atoms with van der Waals surface area (Å²) in [5, 5.41) is 9.24. The number of thiophene rings is 1. The van der Waals surface area contributed by atoms with Gasteiger partial charge in [0.05, 0.1) is 24.6 Å². The average molecular weight is 542 g/mol. The minimum atomic E-state index is -3.93. The highest BCUT2D eigenvalue weighted by Gasteiger charge is 2.50. The number of amides is 2. The standard InChI is InChI=1S/C25H23N3O7S2/c29-23(27-31)14-25(9-10-28(11-13-37(25,32)33)24(30)19-2-1-12-34-19)22-8-7-21(36-22)18-5-3-17(4-6-18)20-15-26-16-35-20/h1-8,12,15-16,31H,9-11,13-14H2,(H,27,29). The lowest BCUT2D eigenvalue weighted by molar-refractivity contribution is -0.129.